The van der Waals surface area contributed by atoms with Crippen molar-refractivity contribution < 1.29 is 14.3 Å². The number of amides is 2. The lowest BCUT2D eigenvalue weighted by Gasteiger charge is -2.17. The second kappa shape index (κ2) is 7.57. The third-order valence-electron chi connectivity index (χ3n) is 4.07. The van der Waals surface area contributed by atoms with E-state index in [9.17, 15) is 9.59 Å². The number of carbonyl (C=O) groups is 2. The molecule has 0 radical (unpaired) electrons. The Morgan fingerprint density at radius 1 is 1.20 bits per heavy atom. The number of carbonyl (C=O) groups excluding carboxylic acids is 2. The number of rotatable bonds is 5. The van der Waals surface area contributed by atoms with Gasteiger partial charge in [0.1, 0.15) is 5.75 Å². The van der Waals surface area contributed by atoms with Gasteiger partial charge in [0.05, 0.1) is 12.5 Å². The number of hydrogen-bond acceptors (Lipinski definition) is 3. The van der Waals surface area contributed by atoms with Gasteiger partial charge in [0.25, 0.3) is 0 Å². The molecule has 5 nitrogen and oxygen atoms in total. The minimum atomic E-state index is -0.380. The van der Waals surface area contributed by atoms with E-state index >= 15 is 0 Å². The van der Waals surface area contributed by atoms with E-state index in [4.69, 9.17) is 16.3 Å². The van der Waals surface area contributed by atoms with Gasteiger partial charge in [0, 0.05) is 29.4 Å². The van der Waals surface area contributed by atoms with Crippen LogP contribution in [0.15, 0.2) is 48.5 Å². The standard InChI is InChI=1S/C19H19ClN2O3/c1-2-25-17-9-7-16(8-10-17)22-12-13(11-18(22)23)19(24)21-15-5-3-14(20)4-6-15/h3-10,13H,2,11-12H2,1H3,(H,21,24)/t13-/m0/s1. The Hall–Kier alpha value is -2.53. The Kier molecular flexibility index (Phi) is 5.24. The van der Waals surface area contributed by atoms with Gasteiger partial charge in [0.15, 0.2) is 0 Å². The molecule has 1 aliphatic rings. The van der Waals surface area contributed by atoms with E-state index < -0.39 is 0 Å². The molecule has 1 atom stereocenters. The molecule has 0 unspecified atom stereocenters. The maximum Gasteiger partial charge on any atom is 0.229 e. The summed E-state index contributed by atoms with van der Waals surface area (Å²) in [5, 5.41) is 3.44. The van der Waals surface area contributed by atoms with Crippen LogP contribution in [0.1, 0.15) is 13.3 Å². The third kappa shape index (κ3) is 4.12. The number of nitrogens with zero attached hydrogens (tertiary/aromatic N) is 1. The fraction of sp³-hybridized carbons (Fsp3) is 0.263. The molecule has 0 saturated carbocycles. The highest BCUT2D eigenvalue weighted by Gasteiger charge is 2.35. The van der Waals surface area contributed by atoms with E-state index in [0.29, 0.717) is 23.9 Å². The third-order valence-corrected chi connectivity index (χ3v) is 4.32. The van der Waals surface area contributed by atoms with Crippen molar-refractivity contribution in [3.05, 3.63) is 53.6 Å². The molecule has 25 heavy (non-hydrogen) atoms. The molecule has 2 aromatic carbocycles. The molecular formula is C19H19ClN2O3. The minimum Gasteiger partial charge on any atom is -0.494 e. The first-order chi connectivity index (χ1) is 12.1. The van der Waals surface area contributed by atoms with Crippen LogP contribution in [0.2, 0.25) is 5.02 Å². The van der Waals surface area contributed by atoms with Gasteiger partial charge in [-0.05, 0) is 55.5 Å². The predicted molar refractivity (Wildman–Crippen MR) is 98.2 cm³/mol. The van der Waals surface area contributed by atoms with Crippen LogP contribution in [-0.2, 0) is 9.59 Å². The molecule has 0 spiro atoms. The summed E-state index contributed by atoms with van der Waals surface area (Å²) in [6.45, 7) is 2.88. The number of halogens is 1. The van der Waals surface area contributed by atoms with Crippen molar-refractivity contribution in [3.63, 3.8) is 0 Å². The Morgan fingerprint density at radius 3 is 2.52 bits per heavy atom. The van der Waals surface area contributed by atoms with Crippen LogP contribution in [0.5, 0.6) is 5.75 Å². The van der Waals surface area contributed by atoms with Crippen molar-refractivity contribution in [2.75, 3.05) is 23.4 Å². The molecule has 6 heteroatoms. The van der Waals surface area contributed by atoms with Crippen molar-refractivity contribution in [2.24, 2.45) is 5.92 Å². The summed E-state index contributed by atoms with van der Waals surface area (Å²) >= 11 is 5.84. The van der Waals surface area contributed by atoms with E-state index in [0.717, 1.165) is 11.4 Å². The van der Waals surface area contributed by atoms with Crippen LogP contribution in [0.3, 0.4) is 0 Å². The molecule has 1 aliphatic heterocycles. The zero-order chi connectivity index (χ0) is 17.8. The summed E-state index contributed by atoms with van der Waals surface area (Å²) in [5.41, 5.74) is 1.44. The fourth-order valence-electron chi connectivity index (χ4n) is 2.80. The van der Waals surface area contributed by atoms with E-state index in [-0.39, 0.29) is 24.2 Å². The first kappa shape index (κ1) is 17.3. The molecule has 1 saturated heterocycles. The minimum absolute atomic E-state index is 0.0552. The van der Waals surface area contributed by atoms with Crippen molar-refractivity contribution in [1.29, 1.82) is 0 Å². The monoisotopic (exact) mass is 358 g/mol. The van der Waals surface area contributed by atoms with E-state index in [2.05, 4.69) is 5.32 Å². The van der Waals surface area contributed by atoms with Crippen LogP contribution in [0, 0.1) is 5.92 Å². The van der Waals surface area contributed by atoms with Crippen LogP contribution < -0.4 is 15.0 Å². The summed E-state index contributed by atoms with van der Waals surface area (Å²) in [6, 6.07) is 14.2. The van der Waals surface area contributed by atoms with Crippen molar-refractivity contribution in [2.45, 2.75) is 13.3 Å². The molecule has 1 fully saturated rings. The average Bonchev–Trinajstić information content (AvgIpc) is 3.00. The van der Waals surface area contributed by atoms with Gasteiger partial charge in [-0.15, -0.1) is 0 Å². The molecule has 1 N–H and O–H groups in total. The van der Waals surface area contributed by atoms with E-state index in [1.807, 2.05) is 31.2 Å². The van der Waals surface area contributed by atoms with Crippen LogP contribution in [0.4, 0.5) is 11.4 Å². The Morgan fingerprint density at radius 2 is 1.88 bits per heavy atom. The Balaban J connectivity index is 1.65. The molecule has 0 aliphatic carbocycles. The molecule has 0 bridgehead atoms. The van der Waals surface area contributed by atoms with E-state index in [1.54, 1.807) is 29.2 Å². The smallest absolute Gasteiger partial charge is 0.229 e. The molecule has 0 aromatic heterocycles. The van der Waals surface area contributed by atoms with Gasteiger partial charge in [-0.2, -0.15) is 0 Å². The quantitative estimate of drug-likeness (QED) is 0.886. The highest BCUT2D eigenvalue weighted by molar-refractivity contribution is 6.30. The largest absolute Gasteiger partial charge is 0.494 e. The molecule has 1 heterocycles. The van der Waals surface area contributed by atoms with E-state index in [1.165, 1.54) is 0 Å². The van der Waals surface area contributed by atoms with Gasteiger partial charge in [-0.3, -0.25) is 9.59 Å². The molecule has 130 valence electrons. The second-order valence-corrected chi connectivity index (χ2v) is 6.26. The van der Waals surface area contributed by atoms with Crippen molar-refractivity contribution in [3.8, 4) is 5.75 Å². The predicted octanol–water partition coefficient (Wildman–Crippen LogP) is 3.73. The maximum atomic E-state index is 12.4. The highest BCUT2D eigenvalue weighted by Crippen LogP contribution is 2.27. The second-order valence-electron chi connectivity index (χ2n) is 5.83. The van der Waals surface area contributed by atoms with Gasteiger partial charge < -0.3 is 15.0 Å². The van der Waals surface area contributed by atoms with Gasteiger partial charge >= 0.3 is 0 Å². The lowest BCUT2D eigenvalue weighted by atomic mass is 10.1. The number of ether oxygens (including phenoxy) is 1. The van der Waals surface area contributed by atoms with Crippen molar-refractivity contribution >= 4 is 34.8 Å². The number of nitrogens with one attached hydrogen (secondary N) is 1. The topological polar surface area (TPSA) is 58.6 Å². The summed E-state index contributed by atoms with van der Waals surface area (Å²) in [6.07, 6.45) is 0.201. The zero-order valence-electron chi connectivity index (χ0n) is 13.9. The summed E-state index contributed by atoms with van der Waals surface area (Å²) in [4.78, 5) is 26.4. The molecular weight excluding hydrogens is 340 g/mol. The number of hydrogen-bond donors (Lipinski definition) is 1. The maximum absolute atomic E-state index is 12.4. The normalized spacial score (nSPS) is 16.8. The highest BCUT2D eigenvalue weighted by atomic mass is 35.5. The summed E-state index contributed by atoms with van der Waals surface area (Å²) < 4.78 is 5.41. The lowest BCUT2D eigenvalue weighted by Crippen LogP contribution is -2.28. The van der Waals surface area contributed by atoms with Crippen molar-refractivity contribution in [1.82, 2.24) is 0 Å². The van der Waals surface area contributed by atoms with Gasteiger partial charge in [-0.1, -0.05) is 11.6 Å². The van der Waals surface area contributed by atoms with Gasteiger partial charge in [0.2, 0.25) is 11.8 Å². The van der Waals surface area contributed by atoms with Crippen LogP contribution >= 0.6 is 11.6 Å². The van der Waals surface area contributed by atoms with Crippen LogP contribution in [-0.4, -0.2) is 25.0 Å². The number of benzene rings is 2. The molecule has 3 rings (SSSR count). The zero-order valence-corrected chi connectivity index (χ0v) is 14.6. The molecule has 2 amide bonds. The SMILES string of the molecule is CCOc1ccc(N2C[C@@H](C(=O)Nc3ccc(Cl)cc3)CC2=O)cc1. The van der Waals surface area contributed by atoms with Gasteiger partial charge in [-0.25, -0.2) is 0 Å². The Labute approximate surface area is 151 Å². The van der Waals surface area contributed by atoms with Crippen LogP contribution in [0.25, 0.3) is 0 Å². The average molecular weight is 359 g/mol. The summed E-state index contributed by atoms with van der Waals surface area (Å²) in [7, 11) is 0. The Bertz CT molecular complexity index is 759. The molecule has 2 aromatic rings. The summed E-state index contributed by atoms with van der Waals surface area (Å²) in [5.74, 6) is 0.161. The number of anilines is 2. The first-order valence-corrected chi connectivity index (χ1v) is 8.54. The lowest BCUT2D eigenvalue weighted by molar-refractivity contribution is -0.122. The fourth-order valence-corrected chi connectivity index (χ4v) is 2.93. The first-order valence-electron chi connectivity index (χ1n) is 8.16.